The third-order valence-corrected chi connectivity index (χ3v) is 5.31. The van der Waals surface area contributed by atoms with Gasteiger partial charge in [-0.05, 0) is 30.9 Å². The van der Waals surface area contributed by atoms with Gasteiger partial charge in [0.05, 0.1) is 0 Å². The lowest BCUT2D eigenvalue weighted by Crippen LogP contribution is -2.34. The van der Waals surface area contributed by atoms with Crippen LogP contribution in [-0.4, -0.2) is 35.4 Å². The quantitative estimate of drug-likeness (QED) is 0.922. The fourth-order valence-corrected chi connectivity index (χ4v) is 3.72. The molecule has 0 saturated carbocycles. The third-order valence-electron chi connectivity index (χ3n) is 4.44. The van der Waals surface area contributed by atoms with E-state index in [1.807, 2.05) is 28.5 Å². The zero-order valence-electron chi connectivity index (χ0n) is 13.4. The van der Waals surface area contributed by atoms with Gasteiger partial charge in [0.1, 0.15) is 10.7 Å². The average Bonchev–Trinajstić information content (AvgIpc) is 3.15. The molecule has 1 aliphatic rings. The van der Waals surface area contributed by atoms with Crippen LogP contribution in [0.2, 0.25) is 0 Å². The summed E-state index contributed by atoms with van der Waals surface area (Å²) in [7, 11) is 0. The van der Waals surface area contributed by atoms with E-state index in [1.54, 1.807) is 0 Å². The SMILES string of the molecule is Cc1ccccc1-c1nc(C(=O)N2CCC(C)(CN)C2)cs1.Cl. The number of carbonyl (C=O) groups is 1. The molecule has 124 valence electrons. The maximum Gasteiger partial charge on any atom is 0.273 e. The molecular weight excluding hydrogens is 330 g/mol. The molecule has 1 aromatic carbocycles. The van der Waals surface area contributed by atoms with Crippen LogP contribution < -0.4 is 5.73 Å². The number of hydrogen-bond donors (Lipinski definition) is 1. The van der Waals surface area contributed by atoms with Gasteiger partial charge in [-0.15, -0.1) is 23.7 Å². The lowest BCUT2D eigenvalue weighted by molar-refractivity contribution is 0.0772. The fourth-order valence-electron chi connectivity index (χ4n) is 2.83. The second kappa shape index (κ2) is 6.99. The molecule has 0 bridgehead atoms. The number of thiazole rings is 1. The summed E-state index contributed by atoms with van der Waals surface area (Å²) < 4.78 is 0. The van der Waals surface area contributed by atoms with Crippen molar-refractivity contribution >= 4 is 29.7 Å². The highest BCUT2D eigenvalue weighted by Crippen LogP contribution is 2.31. The number of rotatable bonds is 3. The standard InChI is InChI=1S/C17H21N3OS.ClH/c1-12-5-3-4-6-13(12)15-19-14(9-22-15)16(21)20-8-7-17(2,10-18)11-20;/h3-6,9H,7-8,10-11,18H2,1-2H3;1H. The Labute approximate surface area is 147 Å². The minimum Gasteiger partial charge on any atom is -0.337 e. The van der Waals surface area contributed by atoms with Crippen LogP contribution in [0.4, 0.5) is 0 Å². The van der Waals surface area contributed by atoms with Crippen molar-refractivity contribution in [3.05, 3.63) is 40.9 Å². The molecule has 1 aromatic heterocycles. The number of nitrogens with two attached hydrogens (primary N) is 1. The molecule has 23 heavy (non-hydrogen) atoms. The molecule has 1 fully saturated rings. The first-order valence-electron chi connectivity index (χ1n) is 7.53. The summed E-state index contributed by atoms with van der Waals surface area (Å²) in [5.74, 6) is 0.0215. The monoisotopic (exact) mass is 351 g/mol. The number of carbonyl (C=O) groups excluding carboxylic acids is 1. The first-order chi connectivity index (χ1) is 10.5. The summed E-state index contributed by atoms with van der Waals surface area (Å²) in [6.07, 6.45) is 0.962. The van der Waals surface area contributed by atoms with Crippen LogP contribution in [0.1, 0.15) is 29.4 Å². The van der Waals surface area contributed by atoms with Crippen molar-refractivity contribution in [3.8, 4) is 10.6 Å². The molecule has 0 radical (unpaired) electrons. The van der Waals surface area contributed by atoms with E-state index in [0.29, 0.717) is 12.2 Å². The Hall–Kier alpha value is -1.43. The maximum atomic E-state index is 12.6. The van der Waals surface area contributed by atoms with Gasteiger partial charge in [-0.25, -0.2) is 4.98 Å². The molecule has 1 amide bonds. The highest BCUT2D eigenvalue weighted by atomic mass is 35.5. The van der Waals surface area contributed by atoms with Crippen molar-refractivity contribution < 1.29 is 4.79 Å². The van der Waals surface area contributed by atoms with E-state index < -0.39 is 0 Å². The van der Waals surface area contributed by atoms with Crippen LogP contribution in [0.15, 0.2) is 29.6 Å². The predicted octanol–water partition coefficient (Wildman–Crippen LogP) is 3.35. The van der Waals surface area contributed by atoms with Crippen molar-refractivity contribution in [2.45, 2.75) is 20.3 Å². The molecule has 2 N–H and O–H groups in total. The minimum absolute atomic E-state index is 0. The summed E-state index contributed by atoms with van der Waals surface area (Å²) in [6.45, 7) is 6.30. The largest absolute Gasteiger partial charge is 0.337 e. The van der Waals surface area contributed by atoms with Crippen molar-refractivity contribution in [2.24, 2.45) is 11.1 Å². The van der Waals surface area contributed by atoms with Crippen LogP contribution in [0, 0.1) is 12.3 Å². The first-order valence-corrected chi connectivity index (χ1v) is 8.41. The molecule has 3 rings (SSSR count). The topological polar surface area (TPSA) is 59.2 Å². The Balaban J connectivity index is 0.00000192. The number of amides is 1. The molecule has 1 aliphatic heterocycles. The molecule has 2 heterocycles. The molecular formula is C17H22ClN3OS. The lowest BCUT2D eigenvalue weighted by Gasteiger charge is -2.22. The molecule has 4 nitrogen and oxygen atoms in total. The Morgan fingerprint density at radius 1 is 1.43 bits per heavy atom. The Bertz CT molecular complexity index is 703. The average molecular weight is 352 g/mol. The number of aryl methyl sites for hydroxylation is 1. The molecule has 1 saturated heterocycles. The lowest BCUT2D eigenvalue weighted by atomic mass is 9.90. The molecule has 1 unspecified atom stereocenters. The zero-order valence-corrected chi connectivity index (χ0v) is 15.0. The van der Waals surface area contributed by atoms with Crippen LogP contribution in [0.5, 0.6) is 0 Å². The summed E-state index contributed by atoms with van der Waals surface area (Å²) in [6, 6.07) is 8.12. The highest BCUT2D eigenvalue weighted by molar-refractivity contribution is 7.13. The molecule has 1 atom stereocenters. The molecule has 0 aliphatic carbocycles. The Morgan fingerprint density at radius 2 is 2.17 bits per heavy atom. The summed E-state index contributed by atoms with van der Waals surface area (Å²) in [5, 5.41) is 2.77. The number of nitrogens with zero attached hydrogens (tertiary/aromatic N) is 2. The van der Waals surface area contributed by atoms with E-state index in [2.05, 4.69) is 24.9 Å². The second-order valence-corrected chi connectivity index (χ2v) is 7.20. The van der Waals surface area contributed by atoms with E-state index in [4.69, 9.17) is 5.73 Å². The molecule has 0 spiro atoms. The zero-order chi connectivity index (χ0) is 15.7. The third kappa shape index (κ3) is 3.57. The van der Waals surface area contributed by atoms with Crippen molar-refractivity contribution in [3.63, 3.8) is 0 Å². The number of halogens is 1. The van der Waals surface area contributed by atoms with E-state index in [0.717, 1.165) is 30.1 Å². The van der Waals surface area contributed by atoms with Gasteiger partial charge in [0.2, 0.25) is 0 Å². The van der Waals surface area contributed by atoms with Gasteiger partial charge in [-0.3, -0.25) is 4.79 Å². The Kier molecular flexibility index (Phi) is 5.45. The van der Waals surface area contributed by atoms with Crippen molar-refractivity contribution in [2.75, 3.05) is 19.6 Å². The van der Waals surface area contributed by atoms with E-state index >= 15 is 0 Å². The van der Waals surface area contributed by atoms with Gasteiger partial charge in [0.25, 0.3) is 5.91 Å². The number of hydrogen-bond acceptors (Lipinski definition) is 4. The first kappa shape index (κ1) is 17.9. The smallest absolute Gasteiger partial charge is 0.273 e. The van der Waals surface area contributed by atoms with Crippen molar-refractivity contribution in [1.29, 1.82) is 0 Å². The van der Waals surface area contributed by atoms with Gasteiger partial charge in [0, 0.05) is 24.0 Å². The highest BCUT2D eigenvalue weighted by Gasteiger charge is 2.35. The number of aromatic nitrogens is 1. The van der Waals surface area contributed by atoms with Crippen LogP contribution in [0.25, 0.3) is 10.6 Å². The van der Waals surface area contributed by atoms with E-state index in [9.17, 15) is 4.79 Å². The van der Waals surface area contributed by atoms with E-state index in [1.165, 1.54) is 16.9 Å². The van der Waals surface area contributed by atoms with Gasteiger partial charge in [-0.2, -0.15) is 0 Å². The molecule has 6 heteroatoms. The van der Waals surface area contributed by atoms with Crippen LogP contribution >= 0.6 is 23.7 Å². The van der Waals surface area contributed by atoms with Gasteiger partial charge >= 0.3 is 0 Å². The van der Waals surface area contributed by atoms with Crippen LogP contribution in [-0.2, 0) is 0 Å². The summed E-state index contributed by atoms with van der Waals surface area (Å²) in [5.41, 5.74) is 8.68. The summed E-state index contributed by atoms with van der Waals surface area (Å²) >= 11 is 1.53. The van der Waals surface area contributed by atoms with Gasteiger partial charge in [-0.1, -0.05) is 31.2 Å². The summed E-state index contributed by atoms with van der Waals surface area (Å²) in [4.78, 5) is 19.0. The fraction of sp³-hybridized carbons (Fsp3) is 0.412. The second-order valence-electron chi connectivity index (χ2n) is 6.34. The van der Waals surface area contributed by atoms with E-state index in [-0.39, 0.29) is 23.7 Å². The minimum atomic E-state index is 0. The van der Waals surface area contributed by atoms with Crippen LogP contribution in [0.3, 0.4) is 0 Å². The Morgan fingerprint density at radius 3 is 2.83 bits per heavy atom. The maximum absolute atomic E-state index is 12.6. The van der Waals surface area contributed by atoms with Gasteiger partial charge < -0.3 is 10.6 Å². The van der Waals surface area contributed by atoms with Crippen molar-refractivity contribution in [1.82, 2.24) is 9.88 Å². The number of benzene rings is 1. The normalized spacial score (nSPS) is 20.4. The van der Waals surface area contributed by atoms with Gasteiger partial charge in [0.15, 0.2) is 0 Å². The number of likely N-dealkylation sites (tertiary alicyclic amines) is 1. The molecule has 2 aromatic rings. The predicted molar refractivity (Wildman–Crippen MR) is 97.2 cm³/mol.